The smallest absolute Gasteiger partial charge is 0.289 e. The van der Waals surface area contributed by atoms with Crippen molar-refractivity contribution in [3.8, 4) is 0 Å². The maximum Gasteiger partial charge on any atom is 0.289 e. The molecule has 0 amide bonds. The molecule has 1 aromatic rings. The molecule has 0 spiro atoms. The highest BCUT2D eigenvalue weighted by Crippen LogP contribution is 2.22. The zero-order valence-corrected chi connectivity index (χ0v) is 12.0. The fraction of sp³-hybridized carbons (Fsp3) is 0.400. The van der Waals surface area contributed by atoms with Crippen molar-refractivity contribution in [2.45, 2.75) is 11.3 Å². The lowest BCUT2D eigenvalue weighted by Crippen LogP contribution is -2.27. The summed E-state index contributed by atoms with van der Waals surface area (Å²) in [5.74, 6) is 0. The van der Waals surface area contributed by atoms with Crippen molar-refractivity contribution < 1.29 is 13.3 Å². The molecule has 1 aromatic carbocycles. The van der Waals surface area contributed by atoms with Gasteiger partial charge in [-0.25, -0.2) is 13.1 Å². The van der Waals surface area contributed by atoms with Gasteiger partial charge in [0.1, 0.15) is 0 Å². The van der Waals surface area contributed by atoms with Gasteiger partial charge in [-0.3, -0.25) is 10.1 Å². The fourth-order valence-corrected chi connectivity index (χ4v) is 2.63. The molecule has 0 fully saturated rings. The lowest BCUT2D eigenvalue weighted by Gasteiger charge is -2.06. The molecule has 1 rings (SSSR count). The summed E-state index contributed by atoms with van der Waals surface area (Å²) in [5, 5.41) is 13.6. The molecule has 19 heavy (non-hydrogen) atoms. The third-order valence-corrected chi connectivity index (χ3v) is 3.76. The van der Waals surface area contributed by atoms with Gasteiger partial charge < -0.3 is 5.32 Å². The lowest BCUT2D eigenvalue weighted by atomic mass is 10.3. The highest BCUT2D eigenvalue weighted by atomic mass is 35.5. The number of hydrogen-bond acceptors (Lipinski definition) is 5. The molecule has 0 aliphatic heterocycles. The van der Waals surface area contributed by atoms with E-state index in [-0.39, 0.29) is 23.8 Å². The molecule has 0 heterocycles. The highest BCUT2D eigenvalue weighted by Gasteiger charge is 2.24. The minimum absolute atomic E-state index is 0. The highest BCUT2D eigenvalue weighted by molar-refractivity contribution is 7.89. The first kappa shape index (κ1) is 17.8. The SMILES string of the molecule is CNCCCNS(=O)(=O)c1ccccc1[N+](=O)[O-].Cl. The largest absolute Gasteiger partial charge is 0.320 e. The van der Waals surface area contributed by atoms with Gasteiger partial charge in [0.2, 0.25) is 10.0 Å². The first-order valence-corrected chi connectivity index (χ1v) is 6.85. The van der Waals surface area contributed by atoms with Crippen LogP contribution in [0, 0.1) is 10.1 Å². The fourth-order valence-electron chi connectivity index (χ4n) is 1.38. The van der Waals surface area contributed by atoms with E-state index in [1.807, 2.05) is 0 Å². The number of para-hydroxylation sites is 1. The van der Waals surface area contributed by atoms with E-state index in [0.29, 0.717) is 13.0 Å². The number of nitro groups is 1. The molecule has 0 atom stereocenters. The van der Waals surface area contributed by atoms with Gasteiger partial charge in [0.15, 0.2) is 4.90 Å². The maximum atomic E-state index is 11.9. The molecule has 108 valence electrons. The number of nitrogens with one attached hydrogen (secondary N) is 2. The summed E-state index contributed by atoms with van der Waals surface area (Å²) in [7, 11) is -2.08. The first-order chi connectivity index (χ1) is 8.49. The number of nitrogens with zero attached hydrogens (tertiary/aromatic N) is 1. The van der Waals surface area contributed by atoms with E-state index in [1.54, 1.807) is 7.05 Å². The Morgan fingerprint density at radius 3 is 2.47 bits per heavy atom. The summed E-state index contributed by atoms with van der Waals surface area (Å²) in [4.78, 5) is 9.74. The topological polar surface area (TPSA) is 101 Å². The number of hydrogen-bond donors (Lipinski definition) is 2. The van der Waals surface area contributed by atoms with Crippen molar-refractivity contribution in [1.82, 2.24) is 10.0 Å². The summed E-state index contributed by atoms with van der Waals surface area (Å²) >= 11 is 0. The van der Waals surface area contributed by atoms with Gasteiger partial charge in [0.05, 0.1) is 4.92 Å². The van der Waals surface area contributed by atoms with Crippen LogP contribution in [0.2, 0.25) is 0 Å². The van der Waals surface area contributed by atoms with Crippen LogP contribution in [0.25, 0.3) is 0 Å². The molecule has 0 unspecified atom stereocenters. The van der Waals surface area contributed by atoms with E-state index in [1.165, 1.54) is 24.3 Å². The van der Waals surface area contributed by atoms with Crippen LogP contribution in [0.4, 0.5) is 5.69 Å². The molecule has 0 radical (unpaired) electrons. The van der Waals surface area contributed by atoms with Crippen LogP contribution >= 0.6 is 12.4 Å². The summed E-state index contributed by atoms with van der Waals surface area (Å²) in [6.07, 6.45) is 0.608. The Morgan fingerprint density at radius 2 is 1.89 bits per heavy atom. The van der Waals surface area contributed by atoms with Crippen LogP contribution in [0.1, 0.15) is 6.42 Å². The van der Waals surface area contributed by atoms with Gasteiger partial charge >= 0.3 is 0 Å². The zero-order valence-electron chi connectivity index (χ0n) is 10.3. The molecule has 0 aromatic heterocycles. The molecule has 9 heteroatoms. The van der Waals surface area contributed by atoms with Crippen LogP contribution in [0.3, 0.4) is 0 Å². The van der Waals surface area contributed by atoms with Gasteiger partial charge in [0.25, 0.3) is 5.69 Å². The van der Waals surface area contributed by atoms with Gasteiger partial charge in [-0.2, -0.15) is 0 Å². The van der Waals surface area contributed by atoms with Crippen LogP contribution in [0.5, 0.6) is 0 Å². The van der Waals surface area contributed by atoms with Gasteiger partial charge in [-0.05, 0) is 26.1 Å². The Bertz CT molecular complexity index is 521. The van der Waals surface area contributed by atoms with Crippen molar-refractivity contribution in [1.29, 1.82) is 0 Å². The monoisotopic (exact) mass is 309 g/mol. The van der Waals surface area contributed by atoms with Crippen LogP contribution in [-0.4, -0.2) is 33.5 Å². The number of benzene rings is 1. The average Bonchev–Trinajstić information content (AvgIpc) is 2.35. The van der Waals surface area contributed by atoms with E-state index < -0.39 is 20.6 Å². The summed E-state index contributed by atoms with van der Waals surface area (Å²) in [5.41, 5.74) is -0.418. The third kappa shape index (κ3) is 5.11. The van der Waals surface area contributed by atoms with Gasteiger partial charge in [-0.15, -0.1) is 12.4 Å². The second-order valence-corrected chi connectivity index (χ2v) is 5.32. The summed E-state index contributed by atoms with van der Waals surface area (Å²) in [6, 6.07) is 5.27. The normalized spacial score (nSPS) is 10.8. The molecule has 0 bridgehead atoms. The van der Waals surface area contributed by atoms with Crippen LogP contribution < -0.4 is 10.0 Å². The Labute approximate surface area is 118 Å². The van der Waals surface area contributed by atoms with Crippen molar-refractivity contribution in [2.24, 2.45) is 0 Å². The molecular weight excluding hydrogens is 294 g/mol. The molecule has 0 aliphatic carbocycles. The minimum atomic E-state index is -3.84. The second-order valence-electron chi connectivity index (χ2n) is 3.58. The lowest BCUT2D eigenvalue weighted by molar-refractivity contribution is -0.387. The Balaban J connectivity index is 0.00000324. The van der Waals surface area contributed by atoms with E-state index >= 15 is 0 Å². The van der Waals surface area contributed by atoms with Crippen molar-refractivity contribution >= 4 is 28.1 Å². The molecule has 7 nitrogen and oxygen atoms in total. The summed E-state index contributed by atoms with van der Waals surface area (Å²) < 4.78 is 26.1. The third-order valence-electron chi connectivity index (χ3n) is 2.25. The predicted octanol–water partition coefficient (Wildman–Crippen LogP) is 0.904. The quantitative estimate of drug-likeness (QED) is 0.443. The first-order valence-electron chi connectivity index (χ1n) is 5.36. The van der Waals surface area contributed by atoms with E-state index in [4.69, 9.17) is 0 Å². The molecular formula is C10H16ClN3O4S. The van der Waals surface area contributed by atoms with Crippen LogP contribution in [-0.2, 0) is 10.0 Å². The molecule has 0 aliphatic rings. The van der Waals surface area contributed by atoms with Gasteiger partial charge in [0, 0.05) is 12.6 Å². The Hall–Kier alpha value is -1.22. The standard InChI is InChI=1S/C10H15N3O4S.ClH/c1-11-7-4-8-12-18(16,17)10-6-3-2-5-9(10)13(14)15;/h2-3,5-6,11-12H,4,7-8H2,1H3;1H. The average molecular weight is 310 g/mol. The molecule has 2 N–H and O–H groups in total. The number of sulfonamides is 1. The Kier molecular flexibility index (Phi) is 7.53. The number of nitro benzene ring substituents is 1. The van der Waals surface area contributed by atoms with E-state index in [9.17, 15) is 18.5 Å². The van der Waals surface area contributed by atoms with E-state index in [0.717, 1.165) is 0 Å². The van der Waals surface area contributed by atoms with E-state index in [2.05, 4.69) is 10.0 Å². The zero-order chi connectivity index (χ0) is 13.6. The van der Waals surface area contributed by atoms with Crippen LogP contribution in [0.15, 0.2) is 29.2 Å². The van der Waals surface area contributed by atoms with Crippen molar-refractivity contribution in [3.63, 3.8) is 0 Å². The Morgan fingerprint density at radius 1 is 1.26 bits per heavy atom. The second kappa shape index (κ2) is 8.05. The van der Waals surface area contributed by atoms with Gasteiger partial charge in [-0.1, -0.05) is 12.1 Å². The predicted molar refractivity (Wildman–Crippen MR) is 74.1 cm³/mol. The van der Waals surface area contributed by atoms with Crippen molar-refractivity contribution in [3.05, 3.63) is 34.4 Å². The molecule has 0 saturated heterocycles. The minimum Gasteiger partial charge on any atom is -0.320 e. The number of rotatable bonds is 7. The number of halogens is 1. The molecule has 0 saturated carbocycles. The summed E-state index contributed by atoms with van der Waals surface area (Å²) in [6.45, 7) is 0.897. The van der Waals surface area contributed by atoms with Crippen molar-refractivity contribution in [2.75, 3.05) is 20.1 Å². The maximum absolute atomic E-state index is 11.9.